The number of para-hydroxylation sites is 1. The third-order valence-corrected chi connectivity index (χ3v) is 3.24. The van der Waals surface area contributed by atoms with Crippen molar-refractivity contribution in [3.8, 4) is 11.5 Å². The van der Waals surface area contributed by atoms with Crippen LogP contribution in [0, 0.1) is 11.6 Å². The van der Waals surface area contributed by atoms with Crippen LogP contribution in [0.3, 0.4) is 0 Å². The normalized spacial score (nSPS) is 11.8. The Balaban J connectivity index is 2.21. The molecule has 2 N–H and O–H groups in total. The highest BCUT2D eigenvalue weighted by molar-refractivity contribution is 5.97. The molecule has 0 spiro atoms. The first-order valence-corrected chi connectivity index (χ1v) is 6.55. The molecule has 1 unspecified atom stereocenters. The van der Waals surface area contributed by atoms with Crippen LogP contribution in [0.2, 0.25) is 0 Å². The third kappa shape index (κ3) is 3.16. The van der Waals surface area contributed by atoms with Gasteiger partial charge in [0.2, 0.25) is 0 Å². The summed E-state index contributed by atoms with van der Waals surface area (Å²) in [7, 11) is 1.37. The number of ether oxygens (including phenoxy) is 1. The van der Waals surface area contributed by atoms with Crippen molar-refractivity contribution in [2.75, 3.05) is 7.11 Å². The maximum Gasteiger partial charge on any atom is 0.255 e. The number of amides is 1. The molecule has 0 aliphatic carbocycles. The highest BCUT2D eigenvalue weighted by Crippen LogP contribution is 2.29. The van der Waals surface area contributed by atoms with Gasteiger partial charge in [-0.3, -0.25) is 4.79 Å². The van der Waals surface area contributed by atoms with Gasteiger partial charge >= 0.3 is 0 Å². The number of nitrogens with one attached hydrogen (secondary N) is 1. The molecule has 0 aliphatic heterocycles. The summed E-state index contributed by atoms with van der Waals surface area (Å²) in [4.78, 5) is 12.2. The SMILES string of the molecule is COc1cccc(C(=O)NC(C)c2ccc(F)cc2F)c1O. The second-order valence-corrected chi connectivity index (χ2v) is 4.72. The van der Waals surface area contributed by atoms with Gasteiger partial charge in [0.15, 0.2) is 11.5 Å². The van der Waals surface area contributed by atoms with E-state index in [0.29, 0.717) is 0 Å². The molecule has 2 aromatic carbocycles. The number of hydrogen-bond acceptors (Lipinski definition) is 3. The average Bonchev–Trinajstić information content (AvgIpc) is 2.47. The van der Waals surface area contributed by atoms with Gasteiger partial charge in [0.25, 0.3) is 5.91 Å². The van der Waals surface area contributed by atoms with Crippen LogP contribution in [0.25, 0.3) is 0 Å². The summed E-state index contributed by atoms with van der Waals surface area (Å²) in [6, 6.07) is 6.91. The van der Waals surface area contributed by atoms with Gasteiger partial charge in [-0.2, -0.15) is 0 Å². The van der Waals surface area contributed by atoms with Crippen molar-refractivity contribution in [3.63, 3.8) is 0 Å². The lowest BCUT2D eigenvalue weighted by Crippen LogP contribution is -2.27. The van der Waals surface area contributed by atoms with E-state index in [1.807, 2.05) is 0 Å². The molecule has 0 aromatic heterocycles. The lowest BCUT2D eigenvalue weighted by molar-refractivity contribution is 0.0936. The maximum atomic E-state index is 13.7. The molecule has 0 radical (unpaired) electrons. The minimum Gasteiger partial charge on any atom is -0.504 e. The molecule has 22 heavy (non-hydrogen) atoms. The highest BCUT2D eigenvalue weighted by atomic mass is 19.1. The molecule has 0 aliphatic rings. The van der Waals surface area contributed by atoms with Gasteiger partial charge in [-0.25, -0.2) is 8.78 Å². The Hall–Kier alpha value is -2.63. The third-order valence-electron chi connectivity index (χ3n) is 3.24. The fourth-order valence-corrected chi connectivity index (χ4v) is 2.08. The van der Waals surface area contributed by atoms with Gasteiger partial charge in [-0.1, -0.05) is 12.1 Å². The number of hydrogen-bond donors (Lipinski definition) is 2. The second-order valence-electron chi connectivity index (χ2n) is 4.72. The summed E-state index contributed by atoms with van der Waals surface area (Å²) >= 11 is 0. The fraction of sp³-hybridized carbons (Fsp3) is 0.188. The molecular weight excluding hydrogens is 292 g/mol. The van der Waals surface area contributed by atoms with Gasteiger partial charge in [-0.15, -0.1) is 0 Å². The Bertz CT molecular complexity index is 704. The topological polar surface area (TPSA) is 58.6 Å². The Labute approximate surface area is 126 Å². The number of rotatable bonds is 4. The summed E-state index contributed by atoms with van der Waals surface area (Å²) in [6.07, 6.45) is 0. The molecule has 0 fully saturated rings. The minimum absolute atomic E-state index is 0.00807. The monoisotopic (exact) mass is 307 g/mol. The van der Waals surface area contributed by atoms with E-state index >= 15 is 0 Å². The number of carbonyl (C=O) groups excluding carboxylic acids is 1. The van der Waals surface area contributed by atoms with Gasteiger partial charge in [0, 0.05) is 11.6 Å². The van der Waals surface area contributed by atoms with E-state index in [0.717, 1.165) is 12.1 Å². The molecule has 0 saturated carbocycles. The van der Waals surface area contributed by atoms with E-state index < -0.39 is 23.6 Å². The van der Waals surface area contributed by atoms with Crippen molar-refractivity contribution >= 4 is 5.91 Å². The summed E-state index contributed by atoms with van der Waals surface area (Å²) in [6.45, 7) is 1.56. The van der Waals surface area contributed by atoms with Crippen molar-refractivity contribution in [2.45, 2.75) is 13.0 Å². The second kappa shape index (κ2) is 6.43. The summed E-state index contributed by atoms with van der Waals surface area (Å²) in [5, 5.41) is 12.5. The predicted molar refractivity (Wildman–Crippen MR) is 76.9 cm³/mol. The van der Waals surface area contributed by atoms with Crippen molar-refractivity contribution in [2.24, 2.45) is 0 Å². The number of phenols is 1. The number of aromatic hydroxyl groups is 1. The minimum atomic E-state index is -0.748. The van der Waals surface area contributed by atoms with E-state index in [1.54, 1.807) is 13.0 Å². The average molecular weight is 307 g/mol. The zero-order valence-corrected chi connectivity index (χ0v) is 12.1. The van der Waals surface area contributed by atoms with Crippen LogP contribution in [-0.4, -0.2) is 18.1 Å². The Kier molecular flexibility index (Phi) is 4.60. The first-order valence-electron chi connectivity index (χ1n) is 6.55. The Morgan fingerprint density at radius 2 is 2.00 bits per heavy atom. The van der Waals surface area contributed by atoms with Gasteiger partial charge < -0.3 is 15.2 Å². The molecule has 1 amide bonds. The Morgan fingerprint density at radius 3 is 2.64 bits per heavy atom. The number of phenolic OH excluding ortho intramolecular Hbond substituents is 1. The number of halogens is 2. The quantitative estimate of drug-likeness (QED) is 0.912. The number of benzene rings is 2. The summed E-state index contributed by atoms with van der Waals surface area (Å²) in [5.74, 6) is -2.16. The standard InChI is InChI=1S/C16H15F2NO3/c1-9(11-7-6-10(17)8-13(11)18)19-16(21)12-4-3-5-14(22-2)15(12)20/h3-9,20H,1-2H3,(H,19,21). The molecule has 0 saturated heterocycles. The molecule has 2 rings (SSSR count). The molecule has 0 bridgehead atoms. The molecule has 1 atom stereocenters. The zero-order chi connectivity index (χ0) is 16.3. The van der Waals surface area contributed by atoms with Crippen molar-refractivity contribution in [3.05, 3.63) is 59.2 Å². The van der Waals surface area contributed by atoms with Crippen LogP contribution >= 0.6 is 0 Å². The van der Waals surface area contributed by atoms with E-state index in [9.17, 15) is 18.7 Å². The van der Waals surface area contributed by atoms with Crippen LogP contribution in [-0.2, 0) is 0 Å². The van der Waals surface area contributed by atoms with Gasteiger partial charge in [0.05, 0.1) is 18.7 Å². The van der Waals surface area contributed by atoms with Gasteiger partial charge in [0.1, 0.15) is 11.6 Å². The highest BCUT2D eigenvalue weighted by Gasteiger charge is 2.19. The molecule has 116 valence electrons. The lowest BCUT2D eigenvalue weighted by atomic mass is 10.1. The molecule has 2 aromatic rings. The van der Waals surface area contributed by atoms with Crippen LogP contribution < -0.4 is 10.1 Å². The maximum absolute atomic E-state index is 13.7. The first-order chi connectivity index (χ1) is 10.4. The van der Waals surface area contributed by atoms with E-state index in [4.69, 9.17) is 4.74 Å². The predicted octanol–water partition coefficient (Wildman–Crippen LogP) is 3.17. The Morgan fingerprint density at radius 1 is 1.27 bits per heavy atom. The number of methoxy groups -OCH3 is 1. The van der Waals surface area contributed by atoms with Crippen molar-refractivity contribution in [1.29, 1.82) is 0 Å². The molecule has 4 nitrogen and oxygen atoms in total. The summed E-state index contributed by atoms with van der Waals surface area (Å²) in [5.41, 5.74) is 0.158. The van der Waals surface area contributed by atoms with Crippen LogP contribution in [0.4, 0.5) is 8.78 Å². The van der Waals surface area contributed by atoms with Crippen LogP contribution in [0.15, 0.2) is 36.4 Å². The van der Waals surface area contributed by atoms with Crippen LogP contribution in [0.5, 0.6) is 11.5 Å². The van der Waals surface area contributed by atoms with Gasteiger partial charge in [-0.05, 0) is 25.1 Å². The largest absolute Gasteiger partial charge is 0.504 e. The molecule has 0 heterocycles. The number of carbonyl (C=O) groups is 1. The zero-order valence-electron chi connectivity index (χ0n) is 12.1. The van der Waals surface area contributed by atoms with Crippen molar-refractivity contribution in [1.82, 2.24) is 5.32 Å². The molecular formula is C16H15F2NO3. The smallest absolute Gasteiger partial charge is 0.255 e. The first kappa shape index (κ1) is 15.8. The lowest BCUT2D eigenvalue weighted by Gasteiger charge is -2.16. The van der Waals surface area contributed by atoms with E-state index in [-0.39, 0.29) is 22.6 Å². The fourth-order valence-electron chi connectivity index (χ4n) is 2.08. The van der Waals surface area contributed by atoms with E-state index in [2.05, 4.69) is 5.32 Å². The van der Waals surface area contributed by atoms with Crippen LogP contribution in [0.1, 0.15) is 28.9 Å². The summed E-state index contributed by atoms with van der Waals surface area (Å²) < 4.78 is 31.5. The van der Waals surface area contributed by atoms with E-state index in [1.165, 1.54) is 25.3 Å². The van der Waals surface area contributed by atoms with Crippen molar-refractivity contribution < 1.29 is 23.4 Å². The molecule has 6 heteroatoms.